The van der Waals surface area contributed by atoms with Crippen molar-refractivity contribution in [2.24, 2.45) is 5.92 Å². The van der Waals surface area contributed by atoms with Crippen molar-refractivity contribution < 1.29 is 19.7 Å². The second-order valence-corrected chi connectivity index (χ2v) is 6.93. The van der Waals surface area contributed by atoms with Crippen LogP contribution in [0.3, 0.4) is 0 Å². The van der Waals surface area contributed by atoms with Crippen LogP contribution in [0, 0.1) is 5.92 Å². The molecule has 2 aromatic carbocycles. The first kappa shape index (κ1) is 16.3. The zero-order valence-corrected chi connectivity index (χ0v) is 14.6. The lowest BCUT2D eigenvalue weighted by atomic mass is 10.1. The van der Waals surface area contributed by atoms with Gasteiger partial charge in [0, 0.05) is 41.3 Å². The van der Waals surface area contributed by atoms with E-state index in [1.54, 1.807) is 6.08 Å². The van der Waals surface area contributed by atoms with E-state index in [-0.39, 0.29) is 28.6 Å². The van der Waals surface area contributed by atoms with Gasteiger partial charge in [-0.1, -0.05) is 32.0 Å². The third-order valence-electron chi connectivity index (χ3n) is 4.40. The lowest BCUT2D eigenvalue weighted by Gasteiger charge is -2.07. The number of benzene rings is 2. The summed E-state index contributed by atoms with van der Waals surface area (Å²) in [5, 5.41) is 20.6. The maximum Gasteiger partial charge on any atom is 0.235 e. The van der Waals surface area contributed by atoms with Crippen molar-refractivity contribution in [2.75, 3.05) is 0 Å². The molecule has 1 aliphatic rings. The summed E-state index contributed by atoms with van der Waals surface area (Å²) in [6.07, 6.45) is 3.70. The van der Waals surface area contributed by atoms with E-state index in [1.807, 2.05) is 24.4 Å². The summed E-state index contributed by atoms with van der Waals surface area (Å²) < 4.78 is 7.78. The third kappa shape index (κ3) is 2.62. The van der Waals surface area contributed by atoms with Crippen LogP contribution in [0.25, 0.3) is 17.0 Å². The standard InChI is InChI=1S/C21H19NO4/c1-12(2)10-22-11-13(15-5-3-4-6-16(15)22)7-19-21(25)20-17(24)8-14(23)9-18(20)26-19/h3-9,11-12,23-24H,10H2,1-2H3/b19-7-. The first-order chi connectivity index (χ1) is 12.4. The second kappa shape index (κ2) is 5.95. The number of allylic oxidation sites excluding steroid dienone is 1. The van der Waals surface area contributed by atoms with Gasteiger partial charge < -0.3 is 19.5 Å². The summed E-state index contributed by atoms with van der Waals surface area (Å²) in [5.41, 5.74) is 2.05. The molecular weight excluding hydrogens is 330 g/mol. The van der Waals surface area contributed by atoms with E-state index in [4.69, 9.17) is 4.74 Å². The van der Waals surface area contributed by atoms with E-state index in [0.29, 0.717) is 5.92 Å². The third-order valence-corrected chi connectivity index (χ3v) is 4.40. The van der Waals surface area contributed by atoms with Crippen molar-refractivity contribution in [1.29, 1.82) is 0 Å². The van der Waals surface area contributed by atoms with Crippen LogP contribution in [0.15, 0.2) is 48.4 Å². The average Bonchev–Trinajstić information content (AvgIpc) is 3.06. The second-order valence-electron chi connectivity index (χ2n) is 6.93. The summed E-state index contributed by atoms with van der Waals surface area (Å²) in [6.45, 7) is 5.18. The Morgan fingerprint density at radius 2 is 1.96 bits per heavy atom. The Morgan fingerprint density at radius 3 is 2.73 bits per heavy atom. The zero-order valence-electron chi connectivity index (χ0n) is 14.6. The highest BCUT2D eigenvalue weighted by molar-refractivity contribution is 6.16. The molecular formula is C21H19NO4. The Bertz CT molecular complexity index is 1060. The molecule has 0 saturated heterocycles. The molecule has 0 saturated carbocycles. The molecule has 4 rings (SSSR count). The number of Topliss-reactive ketones (excluding diaryl/α,β-unsaturated/α-hetero) is 1. The van der Waals surface area contributed by atoms with E-state index in [2.05, 4.69) is 24.5 Å². The number of ether oxygens (including phenoxy) is 1. The molecule has 0 spiro atoms. The van der Waals surface area contributed by atoms with Crippen LogP contribution in [-0.4, -0.2) is 20.6 Å². The molecule has 5 nitrogen and oxygen atoms in total. The topological polar surface area (TPSA) is 71.7 Å². The number of aromatic hydroxyl groups is 2. The van der Waals surface area contributed by atoms with Gasteiger partial charge in [-0.3, -0.25) is 4.79 Å². The van der Waals surface area contributed by atoms with Crippen molar-refractivity contribution in [2.45, 2.75) is 20.4 Å². The molecule has 2 heterocycles. The molecule has 5 heteroatoms. The SMILES string of the molecule is CC(C)Cn1cc(/C=C2\Oc3cc(O)cc(O)c3C2=O)c2ccccc21. The largest absolute Gasteiger partial charge is 0.508 e. The van der Waals surface area contributed by atoms with Gasteiger partial charge in [0.25, 0.3) is 0 Å². The summed E-state index contributed by atoms with van der Waals surface area (Å²) in [5.74, 6) is -0.0319. The molecule has 0 atom stereocenters. The Morgan fingerprint density at radius 1 is 1.19 bits per heavy atom. The fourth-order valence-corrected chi connectivity index (χ4v) is 3.35. The van der Waals surface area contributed by atoms with Crippen LogP contribution < -0.4 is 4.74 Å². The summed E-state index contributed by atoms with van der Waals surface area (Å²) >= 11 is 0. The normalized spacial score (nSPS) is 15.0. The molecule has 1 aliphatic heterocycles. The lowest BCUT2D eigenvalue weighted by Crippen LogP contribution is -2.02. The number of carbonyl (C=O) groups excluding carboxylic acids is 1. The predicted octanol–water partition coefficient (Wildman–Crippen LogP) is 4.32. The molecule has 0 radical (unpaired) electrons. The average molecular weight is 349 g/mol. The highest BCUT2D eigenvalue weighted by Crippen LogP contribution is 2.41. The van der Waals surface area contributed by atoms with Crippen molar-refractivity contribution in [3.05, 3.63) is 59.5 Å². The van der Waals surface area contributed by atoms with Gasteiger partial charge in [0.15, 0.2) is 5.76 Å². The zero-order chi connectivity index (χ0) is 18.4. The molecule has 26 heavy (non-hydrogen) atoms. The number of para-hydroxylation sites is 1. The van der Waals surface area contributed by atoms with Crippen LogP contribution in [0.4, 0.5) is 0 Å². The summed E-state index contributed by atoms with van der Waals surface area (Å²) in [6, 6.07) is 10.5. The number of hydrogen-bond acceptors (Lipinski definition) is 4. The van der Waals surface area contributed by atoms with Crippen molar-refractivity contribution in [1.82, 2.24) is 4.57 Å². The molecule has 0 bridgehead atoms. The number of ketones is 1. The van der Waals surface area contributed by atoms with Gasteiger partial charge in [-0.2, -0.15) is 0 Å². The first-order valence-electron chi connectivity index (χ1n) is 8.52. The van der Waals surface area contributed by atoms with Gasteiger partial charge in [0.05, 0.1) is 0 Å². The monoisotopic (exact) mass is 349 g/mol. The molecule has 132 valence electrons. The van der Waals surface area contributed by atoms with E-state index in [1.165, 1.54) is 6.07 Å². The smallest absolute Gasteiger partial charge is 0.235 e. The van der Waals surface area contributed by atoms with Gasteiger partial charge in [-0.25, -0.2) is 0 Å². The number of aromatic nitrogens is 1. The maximum absolute atomic E-state index is 12.6. The number of nitrogens with zero attached hydrogens (tertiary/aromatic N) is 1. The van der Waals surface area contributed by atoms with E-state index in [0.717, 1.165) is 29.1 Å². The minimum Gasteiger partial charge on any atom is -0.508 e. The van der Waals surface area contributed by atoms with Crippen molar-refractivity contribution >= 4 is 22.8 Å². The van der Waals surface area contributed by atoms with Crippen molar-refractivity contribution in [3.63, 3.8) is 0 Å². The van der Waals surface area contributed by atoms with Crippen LogP contribution in [0.1, 0.15) is 29.8 Å². The Kier molecular flexibility index (Phi) is 3.72. The summed E-state index contributed by atoms with van der Waals surface area (Å²) in [7, 11) is 0. The minimum absolute atomic E-state index is 0.0833. The lowest BCUT2D eigenvalue weighted by molar-refractivity contribution is 0.101. The van der Waals surface area contributed by atoms with Gasteiger partial charge in [-0.05, 0) is 18.1 Å². The number of phenolic OH excluding ortho intramolecular Hbond substituents is 2. The minimum atomic E-state index is -0.391. The van der Waals surface area contributed by atoms with Gasteiger partial charge in [0.1, 0.15) is 22.8 Å². The van der Waals surface area contributed by atoms with E-state index < -0.39 is 5.78 Å². The molecule has 1 aromatic heterocycles. The van der Waals surface area contributed by atoms with Crippen LogP contribution in [0.2, 0.25) is 0 Å². The molecule has 2 N–H and O–H groups in total. The Labute approximate surface area is 150 Å². The fraction of sp³-hybridized carbons (Fsp3) is 0.190. The first-order valence-corrected chi connectivity index (χ1v) is 8.52. The van der Waals surface area contributed by atoms with Crippen LogP contribution in [0.5, 0.6) is 17.2 Å². The number of hydrogen-bond donors (Lipinski definition) is 2. The molecule has 0 unspecified atom stereocenters. The van der Waals surface area contributed by atoms with E-state index >= 15 is 0 Å². The molecule has 3 aromatic rings. The van der Waals surface area contributed by atoms with Crippen LogP contribution >= 0.6 is 0 Å². The van der Waals surface area contributed by atoms with Crippen molar-refractivity contribution in [3.8, 4) is 17.2 Å². The quantitative estimate of drug-likeness (QED) is 0.691. The maximum atomic E-state index is 12.6. The number of fused-ring (bicyclic) bond motifs is 2. The summed E-state index contributed by atoms with van der Waals surface area (Å²) in [4.78, 5) is 12.6. The molecule has 0 aliphatic carbocycles. The number of rotatable bonds is 3. The number of carbonyl (C=O) groups is 1. The predicted molar refractivity (Wildman–Crippen MR) is 99.5 cm³/mol. The van der Waals surface area contributed by atoms with Crippen LogP contribution in [-0.2, 0) is 6.54 Å². The molecule has 0 fully saturated rings. The van der Waals surface area contributed by atoms with E-state index in [9.17, 15) is 15.0 Å². The van der Waals surface area contributed by atoms with Gasteiger partial charge >= 0.3 is 0 Å². The number of phenols is 2. The Hall–Kier alpha value is -3.21. The highest BCUT2D eigenvalue weighted by atomic mass is 16.5. The van der Waals surface area contributed by atoms with Gasteiger partial charge in [-0.15, -0.1) is 0 Å². The Balaban J connectivity index is 1.80. The van der Waals surface area contributed by atoms with Gasteiger partial charge in [0.2, 0.25) is 5.78 Å². The fourth-order valence-electron chi connectivity index (χ4n) is 3.35. The highest BCUT2D eigenvalue weighted by Gasteiger charge is 2.31. The molecule has 0 amide bonds.